The first-order chi connectivity index (χ1) is 11.7. The number of carbonyl (C=O) groups excluding carboxylic acids is 1. The number of para-hydroxylation sites is 1. The molecule has 6 heteroatoms. The number of carbonyl (C=O) groups is 1. The van der Waals surface area contributed by atoms with E-state index >= 15 is 0 Å². The molecule has 2 aromatic carbocycles. The van der Waals surface area contributed by atoms with E-state index in [1.807, 2.05) is 12.1 Å². The molecule has 0 fully saturated rings. The van der Waals surface area contributed by atoms with E-state index in [2.05, 4.69) is 16.7 Å². The van der Waals surface area contributed by atoms with Gasteiger partial charge in [0.05, 0.1) is 25.5 Å². The molecule has 2 rings (SSSR count). The van der Waals surface area contributed by atoms with E-state index in [4.69, 9.17) is 14.7 Å². The summed E-state index contributed by atoms with van der Waals surface area (Å²) < 4.78 is 10.4. The van der Waals surface area contributed by atoms with Crippen LogP contribution in [0, 0.1) is 11.3 Å². The number of ether oxygens (including phenoxy) is 2. The van der Waals surface area contributed by atoms with Crippen molar-refractivity contribution in [2.75, 3.05) is 31.4 Å². The molecule has 6 nitrogen and oxygen atoms in total. The molecule has 0 heterocycles. The zero-order valence-electron chi connectivity index (χ0n) is 13.6. The van der Waals surface area contributed by atoms with Gasteiger partial charge in [-0.1, -0.05) is 12.1 Å². The average Bonchev–Trinajstić information content (AvgIpc) is 2.62. The summed E-state index contributed by atoms with van der Waals surface area (Å²) in [6.07, 6.45) is 0.272. The van der Waals surface area contributed by atoms with Crippen LogP contribution in [0.15, 0.2) is 42.5 Å². The number of hydrogen-bond acceptors (Lipinski definition) is 5. The van der Waals surface area contributed by atoms with Gasteiger partial charge in [-0.25, -0.2) is 0 Å². The van der Waals surface area contributed by atoms with Gasteiger partial charge in [-0.2, -0.15) is 5.26 Å². The van der Waals surface area contributed by atoms with Crippen LogP contribution in [0.2, 0.25) is 0 Å². The normalized spacial score (nSPS) is 9.71. The van der Waals surface area contributed by atoms with Crippen LogP contribution in [0.25, 0.3) is 0 Å². The highest BCUT2D eigenvalue weighted by Crippen LogP contribution is 2.29. The molecule has 0 aliphatic heterocycles. The summed E-state index contributed by atoms with van der Waals surface area (Å²) in [4.78, 5) is 12.0. The van der Waals surface area contributed by atoms with Gasteiger partial charge in [-0.3, -0.25) is 4.79 Å². The van der Waals surface area contributed by atoms with Crippen molar-refractivity contribution >= 4 is 17.3 Å². The molecule has 0 saturated carbocycles. The second kappa shape index (κ2) is 8.44. The molecule has 2 aromatic rings. The Labute approximate surface area is 141 Å². The van der Waals surface area contributed by atoms with Crippen LogP contribution in [-0.4, -0.2) is 26.7 Å². The Bertz CT molecular complexity index is 753. The lowest BCUT2D eigenvalue weighted by Gasteiger charge is -2.11. The van der Waals surface area contributed by atoms with Crippen molar-refractivity contribution in [1.29, 1.82) is 5.26 Å². The van der Waals surface area contributed by atoms with Crippen molar-refractivity contribution in [2.45, 2.75) is 6.42 Å². The van der Waals surface area contributed by atoms with Crippen LogP contribution in [0.1, 0.15) is 12.0 Å². The van der Waals surface area contributed by atoms with Gasteiger partial charge in [0, 0.05) is 24.7 Å². The number of methoxy groups -OCH3 is 2. The van der Waals surface area contributed by atoms with E-state index in [-0.39, 0.29) is 12.3 Å². The second-order valence-corrected chi connectivity index (χ2v) is 4.95. The molecule has 1 amide bonds. The zero-order chi connectivity index (χ0) is 17.4. The van der Waals surface area contributed by atoms with Crippen LogP contribution < -0.4 is 20.1 Å². The molecule has 0 saturated heterocycles. The van der Waals surface area contributed by atoms with Crippen molar-refractivity contribution < 1.29 is 14.3 Å². The number of rotatable bonds is 7. The lowest BCUT2D eigenvalue weighted by Crippen LogP contribution is -2.16. The van der Waals surface area contributed by atoms with Crippen molar-refractivity contribution in [1.82, 2.24) is 0 Å². The maximum Gasteiger partial charge on any atom is 0.226 e. The minimum absolute atomic E-state index is 0.161. The van der Waals surface area contributed by atoms with Gasteiger partial charge < -0.3 is 20.1 Å². The summed E-state index contributed by atoms with van der Waals surface area (Å²) in [7, 11) is 3.15. The summed E-state index contributed by atoms with van der Waals surface area (Å²) in [5.41, 5.74) is 1.80. The fourth-order valence-corrected chi connectivity index (χ4v) is 2.17. The van der Waals surface area contributed by atoms with Crippen molar-refractivity contribution in [2.24, 2.45) is 0 Å². The van der Waals surface area contributed by atoms with Crippen LogP contribution in [0.3, 0.4) is 0 Å². The van der Waals surface area contributed by atoms with Crippen molar-refractivity contribution in [3.05, 3.63) is 48.0 Å². The number of nitriles is 1. The first-order valence-electron chi connectivity index (χ1n) is 7.42. The van der Waals surface area contributed by atoms with Crippen LogP contribution in [-0.2, 0) is 4.79 Å². The lowest BCUT2D eigenvalue weighted by molar-refractivity contribution is -0.115. The predicted octanol–water partition coefficient (Wildman–Crippen LogP) is 3.02. The number of hydrogen-bond donors (Lipinski definition) is 2. The molecule has 0 aliphatic carbocycles. The fraction of sp³-hybridized carbons (Fsp3) is 0.222. The highest BCUT2D eigenvalue weighted by Gasteiger charge is 2.07. The van der Waals surface area contributed by atoms with E-state index in [1.54, 1.807) is 44.6 Å². The Hall–Kier alpha value is -3.20. The van der Waals surface area contributed by atoms with Crippen LogP contribution in [0.5, 0.6) is 11.5 Å². The first-order valence-corrected chi connectivity index (χ1v) is 7.42. The van der Waals surface area contributed by atoms with E-state index < -0.39 is 0 Å². The zero-order valence-corrected chi connectivity index (χ0v) is 13.6. The Kier molecular flexibility index (Phi) is 6.03. The summed E-state index contributed by atoms with van der Waals surface area (Å²) >= 11 is 0. The highest BCUT2D eigenvalue weighted by atomic mass is 16.5. The third-order valence-corrected chi connectivity index (χ3v) is 3.39. The molecule has 0 bridgehead atoms. The molecule has 0 aromatic heterocycles. The third kappa shape index (κ3) is 4.40. The molecular formula is C18H19N3O3. The maximum atomic E-state index is 12.0. The Balaban J connectivity index is 1.88. The summed E-state index contributed by atoms with van der Waals surface area (Å²) in [6.45, 7) is 0.454. The SMILES string of the molecule is COc1ccc(NCCC(=O)Nc2ccccc2C#N)cc1OC. The smallest absolute Gasteiger partial charge is 0.226 e. The second-order valence-electron chi connectivity index (χ2n) is 4.95. The van der Waals surface area contributed by atoms with Crippen molar-refractivity contribution in [3.8, 4) is 17.6 Å². The molecule has 24 heavy (non-hydrogen) atoms. The Morgan fingerprint density at radius 3 is 2.58 bits per heavy atom. The summed E-state index contributed by atoms with van der Waals surface area (Å²) in [5.74, 6) is 1.11. The molecular weight excluding hydrogens is 306 g/mol. The lowest BCUT2D eigenvalue weighted by atomic mass is 10.2. The van der Waals surface area contributed by atoms with Gasteiger partial charge in [-0.05, 0) is 24.3 Å². The highest BCUT2D eigenvalue weighted by molar-refractivity contribution is 5.92. The Morgan fingerprint density at radius 2 is 1.88 bits per heavy atom. The average molecular weight is 325 g/mol. The molecule has 0 atom stereocenters. The first kappa shape index (κ1) is 17.2. The van der Waals surface area contributed by atoms with E-state index in [1.165, 1.54) is 0 Å². The Morgan fingerprint density at radius 1 is 1.12 bits per heavy atom. The van der Waals surface area contributed by atoms with Crippen LogP contribution in [0.4, 0.5) is 11.4 Å². The number of amides is 1. The van der Waals surface area contributed by atoms with Crippen LogP contribution >= 0.6 is 0 Å². The third-order valence-electron chi connectivity index (χ3n) is 3.39. The van der Waals surface area contributed by atoms with E-state index in [9.17, 15) is 4.79 Å². The monoisotopic (exact) mass is 325 g/mol. The van der Waals surface area contributed by atoms with E-state index in [0.717, 1.165) is 5.69 Å². The van der Waals surface area contributed by atoms with E-state index in [0.29, 0.717) is 29.3 Å². The molecule has 0 radical (unpaired) electrons. The fourth-order valence-electron chi connectivity index (χ4n) is 2.17. The maximum absolute atomic E-state index is 12.0. The molecule has 0 aliphatic rings. The van der Waals surface area contributed by atoms with Gasteiger partial charge in [-0.15, -0.1) is 0 Å². The number of anilines is 2. The molecule has 0 unspecified atom stereocenters. The standard InChI is InChI=1S/C18H19N3O3/c1-23-16-8-7-14(11-17(16)24-2)20-10-9-18(22)21-15-6-4-3-5-13(15)12-19/h3-8,11,20H,9-10H2,1-2H3,(H,21,22). The molecule has 0 spiro atoms. The van der Waals surface area contributed by atoms with Gasteiger partial charge in [0.2, 0.25) is 5.91 Å². The molecule has 124 valence electrons. The number of benzene rings is 2. The van der Waals surface area contributed by atoms with Gasteiger partial charge in [0.1, 0.15) is 6.07 Å². The number of nitrogens with one attached hydrogen (secondary N) is 2. The minimum atomic E-state index is -0.161. The number of nitrogens with zero attached hydrogens (tertiary/aromatic N) is 1. The quantitative estimate of drug-likeness (QED) is 0.817. The molecule has 2 N–H and O–H groups in total. The minimum Gasteiger partial charge on any atom is -0.493 e. The largest absolute Gasteiger partial charge is 0.493 e. The van der Waals surface area contributed by atoms with Gasteiger partial charge in [0.15, 0.2) is 11.5 Å². The van der Waals surface area contributed by atoms with Gasteiger partial charge in [0.25, 0.3) is 0 Å². The topological polar surface area (TPSA) is 83.4 Å². The predicted molar refractivity (Wildman–Crippen MR) is 92.4 cm³/mol. The van der Waals surface area contributed by atoms with Crippen molar-refractivity contribution in [3.63, 3.8) is 0 Å². The summed E-state index contributed by atoms with van der Waals surface area (Å²) in [5, 5.41) is 14.9. The van der Waals surface area contributed by atoms with Gasteiger partial charge >= 0.3 is 0 Å². The summed E-state index contributed by atoms with van der Waals surface area (Å²) in [6, 6.07) is 14.4.